The van der Waals surface area contributed by atoms with Crippen LogP contribution in [0.5, 0.6) is 11.5 Å². The van der Waals surface area contributed by atoms with Crippen LogP contribution in [0.15, 0.2) is 53.3 Å². The van der Waals surface area contributed by atoms with Crippen LogP contribution < -0.4 is 15.0 Å². The van der Waals surface area contributed by atoms with Gasteiger partial charge in [-0.2, -0.15) is 0 Å². The molecule has 0 amide bonds. The highest BCUT2D eigenvalue weighted by atomic mass is 16.5. The average Bonchev–Trinajstić information content (AvgIpc) is 3.15. The predicted octanol–water partition coefficient (Wildman–Crippen LogP) is 2.52. The molecule has 3 atom stereocenters. The fourth-order valence-corrected chi connectivity index (χ4v) is 4.48. The molecule has 1 aromatic heterocycles. The highest BCUT2D eigenvalue weighted by Crippen LogP contribution is 2.46. The third-order valence-electron chi connectivity index (χ3n) is 5.99. The molecule has 0 saturated carbocycles. The van der Waals surface area contributed by atoms with E-state index < -0.39 is 23.4 Å². The molecule has 1 aliphatic rings. The molecule has 8 nitrogen and oxygen atoms in total. The van der Waals surface area contributed by atoms with Crippen molar-refractivity contribution in [2.24, 2.45) is 5.92 Å². The summed E-state index contributed by atoms with van der Waals surface area (Å²) in [4.78, 5) is 26.0. The molecule has 8 heteroatoms. The number of aromatic amines is 2. The first-order valence-electron chi connectivity index (χ1n) is 10.3. The minimum absolute atomic E-state index is 0.0707. The van der Waals surface area contributed by atoms with E-state index >= 15 is 0 Å². The number of hydrogen-bond acceptors (Lipinski definition) is 6. The SMILES string of the molecule is COc1ccc(C2c3c([nH][nH]c3=O)C[C@@](C)(O)C2C(=O)OCc2ccccc2)cc1OC. The van der Waals surface area contributed by atoms with Crippen LogP contribution in [0.2, 0.25) is 0 Å². The summed E-state index contributed by atoms with van der Waals surface area (Å²) in [5.41, 5.74) is 0.646. The molecule has 1 heterocycles. The molecule has 2 unspecified atom stereocenters. The molecule has 168 valence electrons. The first kappa shape index (κ1) is 21.7. The summed E-state index contributed by atoms with van der Waals surface area (Å²) < 4.78 is 16.4. The Morgan fingerprint density at radius 1 is 1.09 bits per heavy atom. The topological polar surface area (TPSA) is 114 Å². The van der Waals surface area contributed by atoms with Gasteiger partial charge in [0.25, 0.3) is 5.56 Å². The Kier molecular flexibility index (Phi) is 5.80. The van der Waals surface area contributed by atoms with Crippen LogP contribution >= 0.6 is 0 Å². The summed E-state index contributed by atoms with van der Waals surface area (Å²) in [7, 11) is 3.04. The van der Waals surface area contributed by atoms with E-state index in [9.17, 15) is 14.7 Å². The van der Waals surface area contributed by atoms with Crippen molar-refractivity contribution in [2.75, 3.05) is 14.2 Å². The van der Waals surface area contributed by atoms with E-state index in [-0.39, 0.29) is 18.6 Å². The number of ether oxygens (including phenoxy) is 3. The van der Waals surface area contributed by atoms with Crippen molar-refractivity contribution in [3.8, 4) is 11.5 Å². The number of rotatable bonds is 6. The Labute approximate surface area is 185 Å². The monoisotopic (exact) mass is 438 g/mol. The van der Waals surface area contributed by atoms with Gasteiger partial charge in [-0.05, 0) is 30.2 Å². The van der Waals surface area contributed by atoms with E-state index in [0.717, 1.165) is 5.56 Å². The van der Waals surface area contributed by atoms with Crippen molar-refractivity contribution in [3.63, 3.8) is 0 Å². The number of carbonyl (C=O) groups is 1. The zero-order valence-corrected chi connectivity index (χ0v) is 18.2. The fourth-order valence-electron chi connectivity index (χ4n) is 4.48. The Balaban J connectivity index is 1.78. The van der Waals surface area contributed by atoms with Gasteiger partial charge in [-0.1, -0.05) is 36.4 Å². The van der Waals surface area contributed by atoms with E-state index in [4.69, 9.17) is 14.2 Å². The zero-order chi connectivity index (χ0) is 22.9. The van der Waals surface area contributed by atoms with Gasteiger partial charge in [0.05, 0.1) is 25.7 Å². The molecule has 0 fully saturated rings. The van der Waals surface area contributed by atoms with E-state index in [2.05, 4.69) is 10.2 Å². The molecule has 4 rings (SSSR count). The van der Waals surface area contributed by atoms with Crippen molar-refractivity contribution in [2.45, 2.75) is 31.5 Å². The van der Waals surface area contributed by atoms with E-state index in [1.807, 2.05) is 30.3 Å². The summed E-state index contributed by atoms with van der Waals surface area (Å²) >= 11 is 0. The molecule has 0 bridgehead atoms. The molecule has 0 spiro atoms. The molecule has 1 aliphatic carbocycles. The van der Waals surface area contributed by atoms with Gasteiger partial charge in [-0.15, -0.1) is 0 Å². The summed E-state index contributed by atoms with van der Waals surface area (Å²) in [6.07, 6.45) is 0.107. The molecule has 3 aromatic rings. The molecule has 0 aliphatic heterocycles. The second kappa shape index (κ2) is 8.55. The Hall–Kier alpha value is -3.52. The summed E-state index contributed by atoms with van der Waals surface area (Å²) in [6, 6.07) is 14.5. The van der Waals surface area contributed by atoms with Gasteiger partial charge in [0.1, 0.15) is 6.61 Å². The number of carbonyl (C=O) groups excluding carboxylic acids is 1. The standard InChI is InChI=1S/C24H26N2O6/c1-24(29)12-16-20(22(27)26-25-16)19(15-9-10-17(30-2)18(11-15)31-3)21(24)23(28)32-13-14-7-5-4-6-8-14/h4-11,19,21,29H,12-13H2,1-3H3,(H2,25,26,27)/t19?,21?,24-/m1/s1. The van der Waals surface area contributed by atoms with Crippen molar-refractivity contribution in [1.82, 2.24) is 10.2 Å². The van der Waals surface area contributed by atoms with Gasteiger partial charge in [-0.25, -0.2) is 0 Å². The van der Waals surface area contributed by atoms with Crippen molar-refractivity contribution < 1.29 is 24.1 Å². The summed E-state index contributed by atoms with van der Waals surface area (Å²) in [5.74, 6) is -1.35. The highest BCUT2D eigenvalue weighted by molar-refractivity contribution is 5.77. The van der Waals surface area contributed by atoms with Crippen LogP contribution in [-0.4, -0.2) is 41.1 Å². The van der Waals surface area contributed by atoms with Gasteiger partial charge >= 0.3 is 5.97 Å². The van der Waals surface area contributed by atoms with E-state index in [0.29, 0.717) is 28.3 Å². The minimum atomic E-state index is -1.45. The number of benzene rings is 2. The maximum absolute atomic E-state index is 13.3. The second-order valence-corrected chi connectivity index (χ2v) is 8.17. The molecular weight excluding hydrogens is 412 g/mol. The van der Waals surface area contributed by atoms with Crippen LogP contribution in [0.3, 0.4) is 0 Å². The fraction of sp³-hybridized carbons (Fsp3) is 0.333. The Morgan fingerprint density at radius 2 is 1.81 bits per heavy atom. The number of esters is 1. The third kappa shape index (κ3) is 3.89. The van der Waals surface area contributed by atoms with Crippen molar-refractivity contribution in [1.29, 1.82) is 0 Å². The van der Waals surface area contributed by atoms with Gasteiger partial charge in [0, 0.05) is 23.6 Å². The van der Waals surface area contributed by atoms with E-state index in [1.165, 1.54) is 14.2 Å². The van der Waals surface area contributed by atoms with E-state index in [1.54, 1.807) is 25.1 Å². The number of nitrogens with one attached hydrogen (secondary N) is 2. The van der Waals surface area contributed by atoms with Crippen LogP contribution in [0, 0.1) is 5.92 Å². The number of fused-ring (bicyclic) bond motifs is 1. The highest BCUT2D eigenvalue weighted by Gasteiger charge is 2.51. The number of hydrogen-bond donors (Lipinski definition) is 3. The lowest BCUT2D eigenvalue weighted by molar-refractivity contribution is -0.161. The smallest absolute Gasteiger partial charge is 0.313 e. The molecule has 32 heavy (non-hydrogen) atoms. The lowest BCUT2D eigenvalue weighted by Crippen LogP contribution is -2.50. The zero-order valence-electron chi connectivity index (χ0n) is 18.2. The van der Waals surface area contributed by atoms with Crippen LogP contribution in [0.4, 0.5) is 0 Å². The first-order chi connectivity index (χ1) is 15.4. The van der Waals surface area contributed by atoms with Gasteiger partial charge in [0.2, 0.25) is 0 Å². The molecule has 0 radical (unpaired) electrons. The summed E-state index contributed by atoms with van der Waals surface area (Å²) in [5, 5.41) is 16.8. The predicted molar refractivity (Wildman–Crippen MR) is 117 cm³/mol. The van der Waals surface area contributed by atoms with Gasteiger partial charge in [-0.3, -0.25) is 14.7 Å². The van der Waals surface area contributed by atoms with Crippen LogP contribution in [0.25, 0.3) is 0 Å². The number of methoxy groups -OCH3 is 2. The quantitative estimate of drug-likeness (QED) is 0.510. The lowest BCUT2D eigenvalue weighted by atomic mass is 9.66. The van der Waals surface area contributed by atoms with Crippen LogP contribution in [0.1, 0.15) is 35.2 Å². The lowest BCUT2D eigenvalue weighted by Gasteiger charge is -2.40. The minimum Gasteiger partial charge on any atom is -0.493 e. The number of H-pyrrole nitrogens is 2. The Bertz CT molecular complexity index is 1160. The molecule has 3 N–H and O–H groups in total. The molecule has 0 saturated heterocycles. The maximum Gasteiger partial charge on any atom is 0.313 e. The van der Waals surface area contributed by atoms with Gasteiger partial charge in [0.15, 0.2) is 11.5 Å². The third-order valence-corrected chi connectivity index (χ3v) is 5.99. The first-order valence-corrected chi connectivity index (χ1v) is 10.3. The van der Waals surface area contributed by atoms with Crippen molar-refractivity contribution >= 4 is 5.97 Å². The largest absolute Gasteiger partial charge is 0.493 e. The summed E-state index contributed by atoms with van der Waals surface area (Å²) in [6.45, 7) is 1.66. The number of aromatic nitrogens is 2. The number of aliphatic hydroxyl groups is 1. The maximum atomic E-state index is 13.3. The Morgan fingerprint density at radius 3 is 2.50 bits per heavy atom. The van der Waals surface area contributed by atoms with Gasteiger partial charge < -0.3 is 24.4 Å². The average molecular weight is 438 g/mol. The van der Waals surface area contributed by atoms with Crippen LogP contribution in [-0.2, 0) is 22.6 Å². The molecule has 2 aromatic carbocycles. The molecular formula is C24H26N2O6. The van der Waals surface area contributed by atoms with Crippen molar-refractivity contribution in [3.05, 3.63) is 81.3 Å². The normalized spacial score (nSPS) is 22.1. The second-order valence-electron chi connectivity index (χ2n) is 8.17.